The van der Waals surface area contributed by atoms with Crippen molar-refractivity contribution in [1.82, 2.24) is 9.38 Å². The molecular formula is C10H8BrIN2O2. The average molecular weight is 395 g/mol. The first-order valence-corrected chi connectivity index (χ1v) is 6.51. The zero-order valence-electron chi connectivity index (χ0n) is 8.41. The number of carbonyl (C=O) groups is 1. The summed E-state index contributed by atoms with van der Waals surface area (Å²) >= 11 is 5.56. The molecule has 2 aromatic heterocycles. The lowest BCUT2D eigenvalue weighted by Crippen LogP contribution is -2.05. The van der Waals surface area contributed by atoms with Gasteiger partial charge in [0.2, 0.25) is 0 Å². The molecule has 0 aliphatic heterocycles. The minimum atomic E-state index is -0.409. The summed E-state index contributed by atoms with van der Waals surface area (Å²) in [6, 6.07) is 3.79. The van der Waals surface area contributed by atoms with Gasteiger partial charge in [0.1, 0.15) is 10.3 Å². The highest BCUT2D eigenvalue weighted by atomic mass is 127. The highest BCUT2D eigenvalue weighted by Gasteiger charge is 2.17. The molecule has 16 heavy (non-hydrogen) atoms. The summed E-state index contributed by atoms with van der Waals surface area (Å²) in [5.41, 5.74) is 1.03. The number of aromatic nitrogens is 2. The number of rotatable bonds is 2. The van der Waals surface area contributed by atoms with Gasteiger partial charge in [0.15, 0.2) is 5.69 Å². The number of esters is 1. The van der Waals surface area contributed by atoms with Crippen LogP contribution in [0.25, 0.3) is 5.65 Å². The summed E-state index contributed by atoms with van der Waals surface area (Å²) in [5, 5.41) is 0. The standard InChI is InChI=1S/C10H8BrIN2O2/c1-2-16-10(15)8-9(11)14-5-6(12)3-4-7(14)13-8/h3-5H,2H2,1H3. The monoisotopic (exact) mass is 394 g/mol. The summed E-state index contributed by atoms with van der Waals surface area (Å²) in [4.78, 5) is 15.8. The van der Waals surface area contributed by atoms with Gasteiger partial charge in [0.25, 0.3) is 0 Å². The minimum Gasteiger partial charge on any atom is -0.461 e. The fourth-order valence-corrected chi connectivity index (χ4v) is 2.31. The van der Waals surface area contributed by atoms with Crippen molar-refractivity contribution < 1.29 is 9.53 Å². The minimum absolute atomic E-state index is 0.309. The van der Waals surface area contributed by atoms with Gasteiger partial charge in [-0.2, -0.15) is 0 Å². The van der Waals surface area contributed by atoms with Gasteiger partial charge in [-0.3, -0.25) is 4.40 Å². The van der Waals surface area contributed by atoms with Crippen LogP contribution in [-0.2, 0) is 4.74 Å². The number of fused-ring (bicyclic) bond motifs is 1. The van der Waals surface area contributed by atoms with E-state index in [1.54, 1.807) is 6.92 Å². The van der Waals surface area contributed by atoms with E-state index >= 15 is 0 Å². The Morgan fingerprint density at radius 2 is 2.38 bits per heavy atom. The molecule has 84 valence electrons. The molecule has 6 heteroatoms. The lowest BCUT2D eigenvalue weighted by molar-refractivity contribution is 0.0519. The predicted octanol–water partition coefficient (Wildman–Crippen LogP) is 2.88. The Balaban J connectivity index is 2.56. The lowest BCUT2D eigenvalue weighted by atomic mass is 10.5. The van der Waals surface area contributed by atoms with Crippen molar-refractivity contribution >= 4 is 50.1 Å². The first-order chi connectivity index (χ1) is 7.63. The molecule has 0 saturated carbocycles. The van der Waals surface area contributed by atoms with Crippen LogP contribution < -0.4 is 0 Å². The second kappa shape index (κ2) is 4.70. The van der Waals surface area contributed by atoms with E-state index in [1.807, 2.05) is 22.7 Å². The van der Waals surface area contributed by atoms with E-state index in [0.717, 1.165) is 9.22 Å². The number of carbonyl (C=O) groups excluding carboxylic acids is 1. The third-order valence-corrected chi connectivity index (χ3v) is 3.39. The van der Waals surface area contributed by atoms with Crippen molar-refractivity contribution in [1.29, 1.82) is 0 Å². The van der Waals surface area contributed by atoms with Crippen molar-refractivity contribution in [3.63, 3.8) is 0 Å². The van der Waals surface area contributed by atoms with E-state index in [-0.39, 0.29) is 0 Å². The van der Waals surface area contributed by atoms with Crippen LogP contribution >= 0.6 is 38.5 Å². The molecule has 0 saturated heterocycles. The van der Waals surface area contributed by atoms with Crippen LogP contribution in [0.3, 0.4) is 0 Å². The van der Waals surface area contributed by atoms with Crippen molar-refractivity contribution in [2.45, 2.75) is 6.92 Å². The van der Waals surface area contributed by atoms with E-state index in [1.165, 1.54) is 0 Å². The zero-order chi connectivity index (χ0) is 11.7. The van der Waals surface area contributed by atoms with Crippen LogP contribution in [0, 0.1) is 3.57 Å². The maximum absolute atomic E-state index is 11.6. The lowest BCUT2D eigenvalue weighted by Gasteiger charge is -1.98. The molecule has 0 bridgehead atoms. The Hall–Kier alpha value is -0.630. The Morgan fingerprint density at radius 3 is 3.06 bits per heavy atom. The Labute approximate surface area is 114 Å². The molecule has 0 atom stereocenters. The normalized spacial score (nSPS) is 10.7. The molecule has 0 spiro atoms. The number of imidazole rings is 1. The molecule has 0 aliphatic carbocycles. The highest BCUT2D eigenvalue weighted by Crippen LogP contribution is 2.21. The van der Waals surface area contributed by atoms with E-state index < -0.39 is 5.97 Å². The molecule has 0 unspecified atom stereocenters. The zero-order valence-corrected chi connectivity index (χ0v) is 12.1. The van der Waals surface area contributed by atoms with Crippen LogP contribution in [-0.4, -0.2) is 22.0 Å². The van der Waals surface area contributed by atoms with Crippen molar-refractivity contribution in [2.75, 3.05) is 6.61 Å². The maximum Gasteiger partial charge on any atom is 0.359 e. The second-order valence-electron chi connectivity index (χ2n) is 3.05. The van der Waals surface area contributed by atoms with Gasteiger partial charge in [0.05, 0.1) is 6.61 Å². The SMILES string of the molecule is CCOC(=O)c1nc2ccc(I)cn2c1Br. The molecule has 4 nitrogen and oxygen atoms in total. The number of ether oxygens (including phenoxy) is 1. The van der Waals surface area contributed by atoms with Crippen LogP contribution in [0.1, 0.15) is 17.4 Å². The van der Waals surface area contributed by atoms with E-state index in [9.17, 15) is 4.79 Å². The predicted molar refractivity (Wildman–Crippen MR) is 71.6 cm³/mol. The molecule has 0 radical (unpaired) electrons. The summed E-state index contributed by atoms with van der Waals surface area (Å²) in [6.45, 7) is 2.11. The quantitative estimate of drug-likeness (QED) is 0.581. The Morgan fingerprint density at radius 1 is 1.62 bits per heavy atom. The number of hydrogen-bond acceptors (Lipinski definition) is 3. The fourth-order valence-electron chi connectivity index (χ4n) is 1.32. The maximum atomic E-state index is 11.6. The van der Waals surface area contributed by atoms with Gasteiger partial charge in [-0.1, -0.05) is 0 Å². The third kappa shape index (κ3) is 2.08. The van der Waals surface area contributed by atoms with Gasteiger partial charge >= 0.3 is 5.97 Å². The van der Waals surface area contributed by atoms with E-state index in [0.29, 0.717) is 16.9 Å². The molecule has 0 fully saturated rings. The van der Waals surface area contributed by atoms with Crippen molar-refractivity contribution in [3.05, 3.63) is 32.2 Å². The number of nitrogens with zero attached hydrogens (tertiary/aromatic N) is 2. The second-order valence-corrected chi connectivity index (χ2v) is 5.04. The Kier molecular flexibility index (Phi) is 3.48. The molecular weight excluding hydrogens is 387 g/mol. The third-order valence-electron chi connectivity index (χ3n) is 1.99. The average Bonchev–Trinajstić information content (AvgIpc) is 2.57. The Bertz CT molecular complexity index is 553. The fraction of sp³-hybridized carbons (Fsp3) is 0.200. The van der Waals surface area contributed by atoms with Crippen LogP contribution in [0.5, 0.6) is 0 Å². The van der Waals surface area contributed by atoms with Gasteiger partial charge in [-0.15, -0.1) is 0 Å². The molecule has 0 amide bonds. The van der Waals surface area contributed by atoms with Gasteiger partial charge in [0, 0.05) is 9.77 Å². The first kappa shape index (κ1) is 11.8. The number of pyridine rings is 1. The van der Waals surface area contributed by atoms with Gasteiger partial charge in [-0.25, -0.2) is 9.78 Å². The molecule has 2 aromatic rings. The van der Waals surface area contributed by atoms with Crippen LogP contribution in [0.15, 0.2) is 22.9 Å². The molecule has 0 N–H and O–H groups in total. The summed E-state index contributed by atoms with van der Waals surface area (Å²) in [7, 11) is 0. The smallest absolute Gasteiger partial charge is 0.359 e. The van der Waals surface area contributed by atoms with Crippen molar-refractivity contribution in [3.8, 4) is 0 Å². The van der Waals surface area contributed by atoms with Gasteiger partial charge in [-0.05, 0) is 57.6 Å². The van der Waals surface area contributed by atoms with Crippen LogP contribution in [0.4, 0.5) is 0 Å². The molecule has 0 aromatic carbocycles. The van der Waals surface area contributed by atoms with Gasteiger partial charge < -0.3 is 4.74 Å². The largest absolute Gasteiger partial charge is 0.461 e. The number of hydrogen-bond donors (Lipinski definition) is 0. The van der Waals surface area contributed by atoms with E-state index in [4.69, 9.17) is 4.74 Å². The summed E-state index contributed by atoms with van der Waals surface area (Å²) in [5.74, 6) is -0.409. The van der Waals surface area contributed by atoms with E-state index in [2.05, 4.69) is 43.5 Å². The molecule has 2 rings (SSSR count). The topological polar surface area (TPSA) is 43.6 Å². The summed E-state index contributed by atoms with van der Waals surface area (Å²) < 4.78 is 8.43. The number of halogens is 2. The summed E-state index contributed by atoms with van der Waals surface area (Å²) in [6.07, 6.45) is 1.90. The highest BCUT2D eigenvalue weighted by molar-refractivity contribution is 14.1. The molecule has 2 heterocycles. The molecule has 0 aliphatic rings. The van der Waals surface area contributed by atoms with Crippen molar-refractivity contribution in [2.24, 2.45) is 0 Å². The van der Waals surface area contributed by atoms with Crippen LogP contribution in [0.2, 0.25) is 0 Å². The first-order valence-electron chi connectivity index (χ1n) is 4.63.